The minimum Gasteiger partial charge on any atom is -0.480 e. The molecule has 0 aliphatic heterocycles. The number of carbonyl (C=O) groups excluding carboxylic acids is 2. The number of hydrogen-bond donors (Lipinski definition) is 2. The first-order chi connectivity index (χ1) is 8.01. The van der Waals surface area contributed by atoms with Crippen LogP contribution in [0.4, 0.5) is 0 Å². The number of amides is 1. The lowest BCUT2D eigenvalue weighted by atomic mass is 10.2. The van der Waals surface area contributed by atoms with Gasteiger partial charge in [-0.25, -0.2) is 4.79 Å². The van der Waals surface area contributed by atoms with E-state index >= 15 is 0 Å². The molecule has 0 aromatic heterocycles. The predicted molar refractivity (Wildman–Crippen MR) is 67.1 cm³/mol. The fourth-order valence-corrected chi connectivity index (χ4v) is 2.66. The summed E-state index contributed by atoms with van der Waals surface area (Å²) >= 11 is 1.42. The molecule has 0 aliphatic carbocycles. The molecule has 0 fully saturated rings. The molecule has 0 aromatic rings. The molecular weight excluding hydrogens is 242 g/mol. The SMILES string of the molecule is CCCC(CC=O)SC[C@H](NC(C)=O)C(=O)O. The first kappa shape index (κ1) is 16.0. The van der Waals surface area contributed by atoms with Gasteiger partial charge in [0, 0.05) is 24.3 Å². The van der Waals surface area contributed by atoms with Gasteiger partial charge in [-0.05, 0) is 6.42 Å². The molecule has 0 aliphatic rings. The molecule has 0 spiro atoms. The number of nitrogens with one attached hydrogen (secondary N) is 1. The van der Waals surface area contributed by atoms with Gasteiger partial charge in [0.05, 0.1) is 0 Å². The van der Waals surface area contributed by atoms with Crippen molar-refractivity contribution in [3.63, 3.8) is 0 Å². The maximum Gasteiger partial charge on any atom is 0.327 e. The van der Waals surface area contributed by atoms with Crippen molar-refractivity contribution in [1.82, 2.24) is 5.32 Å². The van der Waals surface area contributed by atoms with Gasteiger partial charge in [-0.3, -0.25) is 4.79 Å². The zero-order valence-electron chi connectivity index (χ0n) is 10.1. The summed E-state index contributed by atoms with van der Waals surface area (Å²) in [7, 11) is 0. The molecule has 1 amide bonds. The van der Waals surface area contributed by atoms with Crippen molar-refractivity contribution in [3.05, 3.63) is 0 Å². The molecule has 0 bridgehead atoms. The molecule has 0 rings (SSSR count). The van der Waals surface area contributed by atoms with Gasteiger partial charge in [0.1, 0.15) is 12.3 Å². The average molecular weight is 261 g/mol. The third-order valence-electron chi connectivity index (χ3n) is 2.14. The minimum absolute atomic E-state index is 0.133. The van der Waals surface area contributed by atoms with Crippen molar-refractivity contribution in [2.75, 3.05) is 5.75 Å². The van der Waals surface area contributed by atoms with Crippen molar-refractivity contribution in [3.8, 4) is 0 Å². The van der Waals surface area contributed by atoms with E-state index < -0.39 is 12.0 Å². The second-order valence-corrected chi connectivity index (χ2v) is 5.07. The second-order valence-electron chi connectivity index (χ2n) is 3.74. The minimum atomic E-state index is -1.05. The standard InChI is InChI=1S/C11H19NO4S/c1-3-4-9(5-6-13)17-7-10(11(15)16)12-8(2)14/h6,9-10H,3-5,7H2,1-2H3,(H,12,14)(H,15,16)/t9?,10-/m0/s1. The molecule has 2 N–H and O–H groups in total. The molecule has 98 valence electrons. The number of rotatable bonds is 9. The van der Waals surface area contributed by atoms with E-state index in [2.05, 4.69) is 5.32 Å². The summed E-state index contributed by atoms with van der Waals surface area (Å²) in [6.07, 6.45) is 3.09. The normalized spacial score (nSPS) is 13.8. The van der Waals surface area contributed by atoms with Gasteiger partial charge in [0.2, 0.25) is 5.91 Å². The average Bonchev–Trinajstić information content (AvgIpc) is 2.23. The largest absolute Gasteiger partial charge is 0.480 e. The number of aldehydes is 1. The Labute approximate surface area is 105 Å². The smallest absolute Gasteiger partial charge is 0.327 e. The second kappa shape index (κ2) is 9.04. The van der Waals surface area contributed by atoms with Crippen LogP contribution in [0.1, 0.15) is 33.1 Å². The Bertz CT molecular complexity index is 270. The van der Waals surface area contributed by atoms with Crippen molar-refractivity contribution in [2.24, 2.45) is 0 Å². The van der Waals surface area contributed by atoms with Gasteiger partial charge in [0.25, 0.3) is 0 Å². The Kier molecular flexibility index (Phi) is 8.49. The van der Waals surface area contributed by atoms with Crippen LogP contribution < -0.4 is 5.32 Å². The third-order valence-corrected chi connectivity index (χ3v) is 3.57. The quantitative estimate of drug-likeness (QED) is 0.606. The van der Waals surface area contributed by atoms with E-state index in [-0.39, 0.29) is 16.9 Å². The molecule has 0 heterocycles. The highest BCUT2D eigenvalue weighted by Gasteiger charge is 2.20. The van der Waals surface area contributed by atoms with Crippen LogP contribution in [0.2, 0.25) is 0 Å². The van der Waals surface area contributed by atoms with Gasteiger partial charge in [0.15, 0.2) is 0 Å². The topological polar surface area (TPSA) is 83.5 Å². The van der Waals surface area contributed by atoms with Crippen LogP contribution in [0.25, 0.3) is 0 Å². The Hall–Kier alpha value is -1.04. The van der Waals surface area contributed by atoms with Crippen LogP contribution in [-0.4, -0.2) is 40.3 Å². The molecule has 0 saturated carbocycles. The van der Waals surface area contributed by atoms with Crippen molar-refractivity contribution >= 4 is 29.9 Å². The Morgan fingerprint density at radius 3 is 2.53 bits per heavy atom. The highest BCUT2D eigenvalue weighted by atomic mass is 32.2. The number of carboxylic acid groups (broad SMARTS) is 1. The Balaban J connectivity index is 4.20. The fourth-order valence-electron chi connectivity index (χ4n) is 1.35. The zero-order chi connectivity index (χ0) is 13.3. The summed E-state index contributed by atoms with van der Waals surface area (Å²) in [6, 6.07) is -0.886. The lowest BCUT2D eigenvalue weighted by Gasteiger charge is -2.17. The summed E-state index contributed by atoms with van der Waals surface area (Å²) in [5.41, 5.74) is 0. The first-order valence-corrected chi connectivity index (χ1v) is 6.61. The van der Waals surface area contributed by atoms with Crippen LogP contribution in [0, 0.1) is 0 Å². The van der Waals surface area contributed by atoms with Crippen molar-refractivity contribution < 1.29 is 19.5 Å². The molecule has 2 atom stereocenters. The molecule has 0 radical (unpaired) electrons. The summed E-state index contributed by atoms with van der Waals surface area (Å²) in [5, 5.41) is 11.4. The maximum absolute atomic E-state index is 10.9. The van der Waals surface area contributed by atoms with Crippen LogP contribution in [-0.2, 0) is 14.4 Å². The number of thioether (sulfide) groups is 1. The van der Waals surface area contributed by atoms with Gasteiger partial charge >= 0.3 is 5.97 Å². The number of carboxylic acids is 1. The zero-order valence-corrected chi connectivity index (χ0v) is 11.0. The van der Waals surface area contributed by atoms with E-state index in [1.165, 1.54) is 18.7 Å². The lowest BCUT2D eigenvalue weighted by Crippen LogP contribution is -2.41. The van der Waals surface area contributed by atoms with Crippen LogP contribution >= 0.6 is 11.8 Å². The Morgan fingerprint density at radius 1 is 1.47 bits per heavy atom. The molecule has 0 aromatic carbocycles. The first-order valence-electron chi connectivity index (χ1n) is 5.56. The Morgan fingerprint density at radius 2 is 2.12 bits per heavy atom. The third kappa shape index (κ3) is 7.79. The van der Waals surface area contributed by atoms with E-state index in [9.17, 15) is 14.4 Å². The highest BCUT2D eigenvalue weighted by molar-refractivity contribution is 8.00. The summed E-state index contributed by atoms with van der Waals surface area (Å²) in [4.78, 5) is 32.1. The number of carbonyl (C=O) groups is 3. The molecule has 5 nitrogen and oxygen atoms in total. The molecule has 1 unspecified atom stereocenters. The van der Waals surface area contributed by atoms with Gasteiger partial charge < -0.3 is 15.2 Å². The van der Waals surface area contributed by atoms with Crippen LogP contribution in [0.15, 0.2) is 0 Å². The number of aliphatic carboxylic acids is 1. The van der Waals surface area contributed by atoms with Gasteiger partial charge in [-0.1, -0.05) is 13.3 Å². The van der Waals surface area contributed by atoms with E-state index in [1.54, 1.807) is 0 Å². The molecule has 0 saturated heterocycles. The monoisotopic (exact) mass is 261 g/mol. The maximum atomic E-state index is 10.9. The van der Waals surface area contributed by atoms with Crippen LogP contribution in [0.5, 0.6) is 0 Å². The molecular formula is C11H19NO4S. The molecule has 6 heteroatoms. The van der Waals surface area contributed by atoms with E-state index in [0.717, 1.165) is 19.1 Å². The lowest BCUT2D eigenvalue weighted by molar-refractivity contribution is -0.140. The van der Waals surface area contributed by atoms with Crippen LogP contribution in [0.3, 0.4) is 0 Å². The summed E-state index contributed by atoms with van der Waals surface area (Å²) in [5.74, 6) is -1.12. The van der Waals surface area contributed by atoms with E-state index in [4.69, 9.17) is 5.11 Å². The van der Waals surface area contributed by atoms with Crippen molar-refractivity contribution in [2.45, 2.75) is 44.4 Å². The predicted octanol–water partition coefficient (Wildman–Crippen LogP) is 1.07. The van der Waals surface area contributed by atoms with Crippen molar-refractivity contribution in [1.29, 1.82) is 0 Å². The fraction of sp³-hybridized carbons (Fsp3) is 0.727. The summed E-state index contributed by atoms with van der Waals surface area (Å²) < 4.78 is 0. The highest BCUT2D eigenvalue weighted by Crippen LogP contribution is 2.19. The van der Waals surface area contributed by atoms with Gasteiger partial charge in [-0.2, -0.15) is 11.8 Å². The summed E-state index contributed by atoms with van der Waals surface area (Å²) in [6.45, 7) is 3.30. The molecule has 17 heavy (non-hydrogen) atoms. The van der Waals surface area contributed by atoms with E-state index in [0.29, 0.717) is 6.42 Å². The van der Waals surface area contributed by atoms with E-state index in [1.807, 2.05) is 6.92 Å². The van der Waals surface area contributed by atoms with Gasteiger partial charge in [-0.15, -0.1) is 0 Å². The number of hydrogen-bond acceptors (Lipinski definition) is 4.